The Morgan fingerprint density at radius 3 is 2.00 bits per heavy atom. The summed E-state index contributed by atoms with van der Waals surface area (Å²) in [5, 5.41) is 0.881. The van der Waals surface area contributed by atoms with Crippen LogP contribution in [0.1, 0.15) is 0 Å². The third-order valence-corrected chi connectivity index (χ3v) is 3.32. The molecule has 4 heteroatoms. The molecule has 1 nitrogen and oxygen atoms in total. The van der Waals surface area contributed by atoms with Crippen molar-refractivity contribution >= 4 is 28.9 Å². The average Bonchev–Trinajstić information content (AvgIpc) is 2.30. The minimum Gasteiger partial charge on any atom is -0.377 e. The number of hydrogen-bond donors (Lipinski definition) is 0. The molecular weight excluding hydrogens is 272 g/mol. The van der Waals surface area contributed by atoms with E-state index in [0.29, 0.717) is 21.2 Å². The lowest BCUT2D eigenvalue weighted by Crippen LogP contribution is -2.11. The zero-order chi connectivity index (χ0) is 13.3. The lowest BCUT2D eigenvalue weighted by Gasteiger charge is -2.19. The van der Waals surface area contributed by atoms with Crippen LogP contribution >= 0.6 is 23.2 Å². The van der Waals surface area contributed by atoms with E-state index < -0.39 is 0 Å². The lowest BCUT2D eigenvalue weighted by atomic mass is 10.0. The van der Waals surface area contributed by atoms with E-state index in [0.717, 1.165) is 5.69 Å². The Hall–Kier alpha value is -1.25. The number of benzene rings is 2. The second-order valence-electron chi connectivity index (χ2n) is 4.13. The molecule has 94 valence electrons. The Bertz CT molecular complexity index is 562. The normalized spacial score (nSPS) is 10.5. The Balaban J connectivity index is 2.78. The first-order valence-corrected chi connectivity index (χ1v) is 6.18. The number of rotatable bonds is 2. The summed E-state index contributed by atoms with van der Waals surface area (Å²) in [5.41, 5.74) is 1.70. The fourth-order valence-corrected chi connectivity index (χ4v) is 2.46. The smallest absolute Gasteiger partial charge is 0.133 e. The van der Waals surface area contributed by atoms with Crippen LogP contribution in [-0.4, -0.2) is 14.1 Å². The van der Waals surface area contributed by atoms with Crippen LogP contribution in [0.3, 0.4) is 0 Å². The van der Waals surface area contributed by atoms with E-state index in [1.807, 2.05) is 25.1 Å². The van der Waals surface area contributed by atoms with Gasteiger partial charge in [-0.05, 0) is 24.3 Å². The first-order valence-electron chi connectivity index (χ1n) is 5.42. The predicted molar refractivity (Wildman–Crippen MR) is 76.2 cm³/mol. The Morgan fingerprint density at radius 2 is 1.44 bits per heavy atom. The van der Waals surface area contributed by atoms with Crippen LogP contribution in [0.2, 0.25) is 10.0 Å². The molecule has 0 saturated heterocycles. The van der Waals surface area contributed by atoms with Crippen LogP contribution in [0, 0.1) is 5.82 Å². The van der Waals surface area contributed by atoms with Gasteiger partial charge in [-0.15, -0.1) is 0 Å². The average molecular weight is 284 g/mol. The highest BCUT2D eigenvalue weighted by Gasteiger charge is 2.17. The van der Waals surface area contributed by atoms with Crippen molar-refractivity contribution < 1.29 is 4.39 Å². The molecule has 0 heterocycles. The standard InChI is InChI=1S/C14H12Cl2FN/c1-18(2)12-8-4-7-11(17)14(12)13-9(15)5-3-6-10(13)16/h3-8H,1-2H3. The quantitative estimate of drug-likeness (QED) is 0.760. The predicted octanol–water partition coefficient (Wildman–Crippen LogP) is 4.87. The maximum Gasteiger partial charge on any atom is 0.133 e. The monoisotopic (exact) mass is 283 g/mol. The molecule has 0 unspecified atom stereocenters. The molecule has 0 radical (unpaired) electrons. The van der Waals surface area contributed by atoms with Crippen LogP contribution in [0.15, 0.2) is 36.4 Å². The molecule has 0 aromatic heterocycles. The second kappa shape index (κ2) is 5.17. The van der Waals surface area contributed by atoms with Crippen molar-refractivity contribution in [2.75, 3.05) is 19.0 Å². The van der Waals surface area contributed by atoms with Crippen LogP contribution in [-0.2, 0) is 0 Å². The van der Waals surface area contributed by atoms with E-state index in [9.17, 15) is 4.39 Å². The highest BCUT2D eigenvalue weighted by molar-refractivity contribution is 6.39. The Labute approximate surface area is 116 Å². The molecule has 0 aliphatic carbocycles. The molecule has 2 rings (SSSR count). The van der Waals surface area contributed by atoms with Crippen molar-refractivity contribution in [2.45, 2.75) is 0 Å². The molecule has 2 aromatic rings. The van der Waals surface area contributed by atoms with Crippen LogP contribution < -0.4 is 4.90 Å². The number of nitrogens with zero attached hydrogens (tertiary/aromatic N) is 1. The summed E-state index contributed by atoms with van der Waals surface area (Å²) in [4.78, 5) is 1.83. The summed E-state index contributed by atoms with van der Waals surface area (Å²) in [5.74, 6) is -0.337. The number of hydrogen-bond acceptors (Lipinski definition) is 1. The largest absolute Gasteiger partial charge is 0.377 e. The first-order chi connectivity index (χ1) is 8.52. The summed E-state index contributed by atoms with van der Waals surface area (Å²) >= 11 is 12.3. The molecule has 0 fully saturated rings. The molecule has 0 amide bonds. The third kappa shape index (κ3) is 2.31. The van der Waals surface area contributed by atoms with Gasteiger partial charge in [0.05, 0.1) is 10.0 Å². The second-order valence-corrected chi connectivity index (χ2v) is 4.94. The summed E-state index contributed by atoms with van der Waals surface area (Å²) in [7, 11) is 3.70. The van der Waals surface area contributed by atoms with Crippen molar-refractivity contribution in [3.05, 3.63) is 52.3 Å². The van der Waals surface area contributed by atoms with Crippen LogP contribution in [0.5, 0.6) is 0 Å². The van der Waals surface area contributed by atoms with E-state index in [1.165, 1.54) is 6.07 Å². The van der Waals surface area contributed by atoms with Crippen LogP contribution in [0.4, 0.5) is 10.1 Å². The third-order valence-electron chi connectivity index (χ3n) is 2.69. The van der Waals surface area contributed by atoms with Gasteiger partial charge in [0.15, 0.2) is 0 Å². The minimum absolute atomic E-state index is 0.337. The maximum atomic E-state index is 14.1. The maximum absolute atomic E-state index is 14.1. The van der Waals surface area contributed by atoms with Gasteiger partial charge in [0, 0.05) is 30.9 Å². The van der Waals surface area contributed by atoms with Crippen molar-refractivity contribution in [3.63, 3.8) is 0 Å². The van der Waals surface area contributed by atoms with Gasteiger partial charge in [0.25, 0.3) is 0 Å². The van der Waals surface area contributed by atoms with Gasteiger partial charge >= 0.3 is 0 Å². The molecule has 2 aromatic carbocycles. The topological polar surface area (TPSA) is 3.24 Å². The highest BCUT2D eigenvalue weighted by atomic mass is 35.5. The molecule has 0 bridgehead atoms. The van der Waals surface area contributed by atoms with Gasteiger partial charge in [0.1, 0.15) is 5.82 Å². The summed E-state index contributed by atoms with van der Waals surface area (Å²) in [6, 6.07) is 10.0. The van der Waals surface area contributed by atoms with Gasteiger partial charge < -0.3 is 4.90 Å². The van der Waals surface area contributed by atoms with Gasteiger partial charge in [0.2, 0.25) is 0 Å². The van der Waals surface area contributed by atoms with Gasteiger partial charge in [-0.25, -0.2) is 4.39 Å². The van der Waals surface area contributed by atoms with Gasteiger partial charge in [-0.2, -0.15) is 0 Å². The van der Waals surface area contributed by atoms with E-state index in [-0.39, 0.29) is 5.82 Å². The summed E-state index contributed by atoms with van der Waals surface area (Å²) in [6.45, 7) is 0. The van der Waals surface area contributed by atoms with E-state index >= 15 is 0 Å². The first kappa shape index (κ1) is 13.2. The molecule has 0 aliphatic heterocycles. The number of halogens is 3. The van der Waals surface area contributed by atoms with Crippen LogP contribution in [0.25, 0.3) is 11.1 Å². The van der Waals surface area contributed by atoms with Crippen molar-refractivity contribution in [3.8, 4) is 11.1 Å². The van der Waals surface area contributed by atoms with E-state index in [1.54, 1.807) is 24.3 Å². The molecule has 0 atom stereocenters. The Morgan fingerprint density at radius 1 is 0.889 bits per heavy atom. The lowest BCUT2D eigenvalue weighted by molar-refractivity contribution is 0.631. The fraction of sp³-hybridized carbons (Fsp3) is 0.143. The molecule has 18 heavy (non-hydrogen) atoms. The van der Waals surface area contributed by atoms with Gasteiger partial charge in [-0.3, -0.25) is 0 Å². The SMILES string of the molecule is CN(C)c1cccc(F)c1-c1c(Cl)cccc1Cl. The van der Waals surface area contributed by atoms with E-state index in [4.69, 9.17) is 23.2 Å². The molecule has 0 saturated carbocycles. The van der Waals surface area contributed by atoms with Gasteiger partial charge in [-0.1, -0.05) is 35.3 Å². The zero-order valence-electron chi connectivity index (χ0n) is 10.0. The molecule has 0 spiro atoms. The number of anilines is 1. The van der Waals surface area contributed by atoms with Crippen molar-refractivity contribution in [1.29, 1.82) is 0 Å². The van der Waals surface area contributed by atoms with Crippen molar-refractivity contribution in [2.24, 2.45) is 0 Å². The Kier molecular flexibility index (Phi) is 3.79. The minimum atomic E-state index is -0.337. The summed E-state index contributed by atoms with van der Waals surface area (Å²) in [6.07, 6.45) is 0. The van der Waals surface area contributed by atoms with E-state index in [2.05, 4.69) is 0 Å². The van der Waals surface area contributed by atoms with Crippen molar-refractivity contribution in [1.82, 2.24) is 0 Å². The molecule has 0 aliphatic rings. The molecular formula is C14H12Cl2FN. The summed E-state index contributed by atoms with van der Waals surface area (Å²) < 4.78 is 14.1. The highest BCUT2D eigenvalue weighted by Crippen LogP contribution is 2.40. The molecule has 0 N–H and O–H groups in total. The zero-order valence-corrected chi connectivity index (χ0v) is 11.6. The fourth-order valence-electron chi connectivity index (χ4n) is 1.87.